The zero-order chi connectivity index (χ0) is 14.7. The first-order chi connectivity index (χ1) is 10.1. The number of nitrogens with one attached hydrogen (secondary N) is 1. The van der Waals surface area contributed by atoms with Gasteiger partial charge in [0.1, 0.15) is 0 Å². The van der Waals surface area contributed by atoms with Gasteiger partial charge in [-0.05, 0) is 12.0 Å². The number of hydrogen-bond acceptors (Lipinski definition) is 4. The van der Waals surface area contributed by atoms with Crippen molar-refractivity contribution in [2.45, 2.75) is 19.0 Å². The average molecular weight is 305 g/mol. The Morgan fingerprint density at radius 1 is 1.24 bits per heavy atom. The molecule has 1 aliphatic heterocycles. The highest BCUT2D eigenvalue weighted by atomic mass is 32.2. The molecule has 2 aromatic rings. The van der Waals surface area contributed by atoms with Crippen LogP contribution in [0.4, 0.5) is 0 Å². The van der Waals surface area contributed by atoms with Crippen LogP contribution in [0.1, 0.15) is 6.42 Å². The maximum absolute atomic E-state index is 11.4. The second kappa shape index (κ2) is 5.99. The van der Waals surface area contributed by atoms with E-state index in [1.54, 1.807) is 0 Å². The summed E-state index contributed by atoms with van der Waals surface area (Å²) in [6, 6.07) is 10.2. The van der Waals surface area contributed by atoms with Crippen LogP contribution in [0.25, 0.3) is 11.1 Å². The van der Waals surface area contributed by atoms with E-state index in [4.69, 9.17) is 0 Å². The fraction of sp³-hybridized carbons (Fsp3) is 0.400. The molecule has 1 aromatic carbocycles. The van der Waals surface area contributed by atoms with Crippen LogP contribution >= 0.6 is 0 Å². The first-order valence-corrected chi connectivity index (χ1v) is 8.96. The fourth-order valence-electron chi connectivity index (χ4n) is 2.60. The van der Waals surface area contributed by atoms with E-state index in [-0.39, 0.29) is 11.8 Å². The second-order valence-electron chi connectivity index (χ2n) is 5.41. The van der Waals surface area contributed by atoms with Gasteiger partial charge in [0.25, 0.3) is 0 Å². The smallest absolute Gasteiger partial charge is 0.151 e. The summed E-state index contributed by atoms with van der Waals surface area (Å²) < 4.78 is 24.6. The Morgan fingerprint density at radius 2 is 2.05 bits per heavy atom. The van der Waals surface area contributed by atoms with Crippen LogP contribution < -0.4 is 5.32 Å². The van der Waals surface area contributed by atoms with E-state index >= 15 is 0 Å². The molecule has 5 nitrogen and oxygen atoms in total. The number of hydrogen-bond donors (Lipinski definition) is 1. The van der Waals surface area contributed by atoms with E-state index in [9.17, 15) is 8.42 Å². The zero-order valence-corrected chi connectivity index (χ0v) is 12.6. The lowest BCUT2D eigenvalue weighted by Gasteiger charge is -2.10. The monoisotopic (exact) mass is 305 g/mol. The van der Waals surface area contributed by atoms with E-state index in [2.05, 4.69) is 22.5 Å². The summed E-state index contributed by atoms with van der Waals surface area (Å²) in [4.78, 5) is 0. The normalized spacial score (nSPS) is 20.7. The first-order valence-electron chi connectivity index (χ1n) is 7.14. The van der Waals surface area contributed by atoms with Gasteiger partial charge in [0.15, 0.2) is 9.84 Å². The molecule has 0 aliphatic carbocycles. The first kappa shape index (κ1) is 14.3. The van der Waals surface area contributed by atoms with Crippen molar-refractivity contribution < 1.29 is 8.42 Å². The molecule has 1 N–H and O–H groups in total. The highest BCUT2D eigenvalue weighted by Gasteiger charge is 2.26. The molecule has 0 saturated carbocycles. The Morgan fingerprint density at radius 3 is 2.76 bits per heavy atom. The highest BCUT2D eigenvalue weighted by Crippen LogP contribution is 2.17. The van der Waals surface area contributed by atoms with E-state index in [1.165, 1.54) is 0 Å². The molecule has 2 heterocycles. The van der Waals surface area contributed by atoms with Crippen molar-refractivity contribution in [2.75, 3.05) is 18.1 Å². The van der Waals surface area contributed by atoms with E-state index in [0.717, 1.165) is 30.6 Å². The summed E-state index contributed by atoms with van der Waals surface area (Å²) in [6.45, 7) is 1.47. The minimum atomic E-state index is -2.81. The van der Waals surface area contributed by atoms with Crippen molar-refractivity contribution in [3.05, 3.63) is 42.7 Å². The molecule has 1 aliphatic rings. The highest BCUT2D eigenvalue weighted by molar-refractivity contribution is 7.91. The lowest BCUT2D eigenvalue weighted by molar-refractivity contribution is 0.499. The lowest BCUT2D eigenvalue weighted by atomic mass is 10.1. The predicted octanol–water partition coefficient (Wildman–Crippen LogP) is 1.33. The van der Waals surface area contributed by atoms with Gasteiger partial charge < -0.3 is 5.32 Å². The lowest BCUT2D eigenvalue weighted by Crippen LogP contribution is -2.32. The summed E-state index contributed by atoms with van der Waals surface area (Å²) in [6.07, 6.45) is 4.59. The van der Waals surface area contributed by atoms with Gasteiger partial charge in [0, 0.05) is 24.3 Å². The standard InChI is InChI=1S/C15H19N3O2S/c19-21(20)9-6-15(12-21)16-7-8-18-11-14(10-17-18)13-4-2-1-3-5-13/h1-5,10-11,15-16H,6-9,12H2. The van der Waals surface area contributed by atoms with E-state index in [0.29, 0.717) is 5.75 Å². The number of aromatic nitrogens is 2. The third-order valence-corrected chi connectivity index (χ3v) is 5.51. The van der Waals surface area contributed by atoms with Crippen molar-refractivity contribution in [1.29, 1.82) is 0 Å². The van der Waals surface area contributed by atoms with Crippen LogP contribution in [0.5, 0.6) is 0 Å². The second-order valence-corrected chi connectivity index (χ2v) is 7.64. The molecule has 6 heteroatoms. The number of sulfone groups is 1. The van der Waals surface area contributed by atoms with Crippen LogP contribution in [0, 0.1) is 0 Å². The molecule has 21 heavy (non-hydrogen) atoms. The van der Waals surface area contributed by atoms with Crippen LogP contribution in [-0.2, 0) is 16.4 Å². The third kappa shape index (κ3) is 3.71. The van der Waals surface area contributed by atoms with Crippen LogP contribution in [-0.4, -0.2) is 42.3 Å². The van der Waals surface area contributed by atoms with Gasteiger partial charge in [-0.15, -0.1) is 0 Å². The Kier molecular flexibility index (Phi) is 4.07. The minimum Gasteiger partial charge on any atom is -0.311 e. The predicted molar refractivity (Wildman–Crippen MR) is 82.7 cm³/mol. The van der Waals surface area contributed by atoms with Gasteiger partial charge in [-0.25, -0.2) is 8.42 Å². The van der Waals surface area contributed by atoms with Crippen LogP contribution in [0.3, 0.4) is 0 Å². The Bertz CT molecular complexity index is 695. The molecule has 1 saturated heterocycles. The third-order valence-electron chi connectivity index (χ3n) is 3.75. The van der Waals surface area contributed by atoms with Crippen LogP contribution in [0.15, 0.2) is 42.7 Å². The summed E-state index contributed by atoms with van der Waals surface area (Å²) >= 11 is 0. The van der Waals surface area contributed by atoms with Gasteiger partial charge >= 0.3 is 0 Å². The molecule has 1 fully saturated rings. The van der Waals surface area contributed by atoms with Crippen molar-refractivity contribution in [2.24, 2.45) is 0 Å². The molecule has 0 spiro atoms. The molecular weight excluding hydrogens is 286 g/mol. The summed E-state index contributed by atoms with van der Waals surface area (Å²) in [7, 11) is -2.81. The Hall–Kier alpha value is -1.66. The van der Waals surface area contributed by atoms with Crippen molar-refractivity contribution in [3.63, 3.8) is 0 Å². The maximum Gasteiger partial charge on any atom is 0.151 e. The SMILES string of the molecule is O=S1(=O)CCC(NCCn2cc(-c3ccccc3)cn2)C1. The quantitative estimate of drug-likeness (QED) is 0.905. The van der Waals surface area contributed by atoms with Crippen molar-refractivity contribution in [3.8, 4) is 11.1 Å². The number of benzene rings is 1. The molecule has 112 valence electrons. The van der Waals surface area contributed by atoms with Crippen LogP contribution in [0.2, 0.25) is 0 Å². The number of nitrogens with zero attached hydrogens (tertiary/aromatic N) is 2. The van der Waals surface area contributed by atoms with Gasteiger partial charge in [-0.1, -0.05) is 30.3 Å². The minimum absolute atomic E-state index is 0.0964. The van der Waals surface area contributed by atoms with Crippen molar-refractivity contribution in [1.82, 2.24) is 15.1 Å². The molecule has 1 aromatic heterocycles. The Balaban J connectivity index is 1.52. The topological polar surface area (TPSA) is 64.0 Å². The molecule has 0 amide bonds. The molecule has 0 radical (unpaired) electrons. The fourth-order valence-corrected chi connectivity index (χ4v) is 4.31. The van der Waals surface area contributed by atoms with E-state index in [1.807, 2.05) is 35.3 Å². The molecule has 3 rings (SSSR count). The molecular formula is C15H19N3O2S. The average Bonchev–Trinajstić information content (AvgIpc) is 3.07. The van der Waals surface area contributed by atoms with Gasteiger partial charge in [-0.2, -0.15) is 5.10 Å². The zero-order valence-electron chi connectivity index (χ0n) is 11.8. The molecule has 1 atom stereocenters. The van der Waals surface area contributed by atoms with Gasteiger partial charge in [-0.3, -0.25) is 4.68 Å². The van der Waals surface area contributed by atoms with Crippen molar-refractivity contribution >= 4 is 9.84 Å². The summed E-state index contributed by atoms with van der Waals surface area (Å²) in [5.41, 5.74) is 2.25. The maximum atomic E-state index is 11.4. The van der Waals surface area contributed by atoms with Gasteiger partial charge in [0.05, 0.1) is 24.2 Å². The summed E-state index contributed by atoms with van der Waals surface area (Å²) in [5, 5.41) is 7.64. The largest absolute Gasteiger partial charge is 0.311 e. The Labute approximate surface area is 124 Å². The molecule has 1 unspecified atom stereocenters. The molecule has 0 bridgehead atoms. The van der Waals surface area contributed by atoms with Gasteiger partial charge in [0.2, 0.25) is 0 Å². The number of rotatable bonds is 5. The van der Waals surface area contributed by atoms with E-state index < -0.39 is 9.84 Å². The summed E-state index contributed by atoms with van der Waals surface area (Å²) in [5.74, 6) is 0.575.